The Balaban J connectivity index is 1.46. The summed E-state index contributed by atoms with van der Waals surface area (Å²) < 4.78 is 0. The van der Waals surface area contributed by atoms with Gasteiger partial charge in [-0.2, -0.15) is 0 Å². The molecule has 3 atom stereocenters. The zero-order valence-electron chi connectivity index (χ0n) is 11.0. The first-order valence-corrected chi connectivity index (χ1v) is 7.16. The summed E-state index contributed by atoms with van der Waals surface area (Å²) in [6, 6.07) is 6.83. The largest absolute Gasteiger partial charge is 0.312 e. The molecule has 19 heavy (non-hydrogen) atoms. The molecule has 4 nitrogen and oxygen atoms in total. The van der Waals surface area contributed by atoms with Crippen LogP contribution < -0.4 is 5.32 Å². The molecular weight excluding hydrogens is 240 g/mol. The summed E-state index contributed by atoms with van der Waals surface area (Å²) in [4.78, 5) is 10.2. The zero-order chi connectivity index (χ0) is 13.2. The van der Waals surface area contributed by atoms with Crippen molar-refractivity contribution in [3.05, 3.63) is 39.9 Å². The third kappa shape index (κ3) is 2.78. The fourth-order valence-corrected chi connectivity index (χ4v) is 3.76. The molecule has 1 N–H and O–H groups in total. The molecule has 1 aromatic rings. The standard InChI is InChI=1S/C15H20N2O2/c18-17(19)15-5-2-11(3-6-15)9-16-10-14-8-12-1-4-13(14)7-12/h2-3,5-6,12-14,16H,1,4,7-10H2. The number of nitro groups is 1. The third-order valence-electron chi connectivity index (χ3n) is 4.77. The second-order valence-corrected chi connectivity index (χ2v) is 5.99. The first kappa shape index (κ1) is 12.6. The van der Waals surface area contributed by atoms with E-state index in [1.54, 1.807) is 12.1 Å². The molecule has 0 saturated heterocycles. The highest BCUT2D eigenvalue weighted by molar-refractivity contribution is 5.32. The van der Waals surface area contributed by atoms with Gasteiger partial charge >= 0.3 is 0 Å². The molecular formula is C15H20N2O2. The SMILES string of the molecule is O=[N+]([O-])c1ccc(CNCC2CC3CCC2C3)cc1. The normalized spacial score (nSPS) is 28.7. The minimum absolute atomic E-state index is 0.164. The molecule has 2 aliphatic rings. The lowest BCUT2D eigenvalue weighted by molar-refractivity contribution is -0.384. The van der Waals surface area contributed by atoms with Gasteiger partial charge in [0.15, 0.2) is 0 Å². The van der Waals surface area contributed by atoms with Crippen LogP contribution in [-0.4, -0.2) is 11.5 Å². The van der Waals surface area contributed by atoms with Gasteiger partial charge in [-0.15, -0.1) is 0 Å². The van der Waals surface area contributed by atoms with Gasteiger partial charge < -0.3 is 5.32 Å². The van der Waals surface area contributed by atoms with Crippen molar-refractivity contribution in [3.63, 3.8) is 0 Å². The number of nitrogens with one attached hydrogen (secondary N) is 1. The first-order valence-electron chi connectivity index (χ1n) is 7.16. The molecule has 0 aromatic heterocycles. The summed E-state index contributed by atoms with van der Waals surface area (Å²) in [7, 11) is 0. The predicted molar refractivity (Wildman–Crippen MR) is 73.7 cm³/mol. The lowest BCUT2D eigenvalue weighted by Crippen LogP contribution is -2.26. The summed E-state index contributed by atoms with van der Waals surface area (Å²) in [6.07, 6.45) is 5.72. The van der Waals surface area contributed by atoms with Crippen LogP contribution in [0.25, 0.3) is 0 Å². The second-order valence-electron chi connectivity index (χ2n) is 5.99. The Morgan fingerprint density at radius 3 is 2.58 bits per heavy atom. The van der Waals surface area contributed by atoms with Crippen molar-refractivity contribution < 1.29 is 4.92 Å². The van der Waals surface area contributed by atoms with Gasteiger partial charge in [-0.25, -0.2) is 0 Å². The maximum Gasteiger partial charge on any atom is 0.269 e. The van der Waals surface area contributed by atoms with Crippen molar-refractivity contribution in [1.29, 1.82) is 0 Å². The number of hydrogen-bond acceptors (Lipinski definition) is 3. The quantitative estimate of drug-likeness (QED) is 0.653. The lowest BCUT2D eigenvalue weighted by Gasteiger charge is -2.21. The topological polar surface area (TPSA) is 55.2 Å². The van der Waals surface area contributed by atoms with E-state index in [0.29, 0.717) is 0 Å². The number of hydrogen-bond donors (Lipinski definition) is 1. The fourth-order valence-electron chi connectivity index (χ4n) is 3.76. The Morgan fingerprint density at radius 2 is 2.00 bits per heavy atom. The molecule has 2 fully saturated rings. The maximum absolute atomic E-state index is 10.6. The Labute approximate surface area is 113 Å². The molecule has 1 aromatic carbocycles. The molecule has 3 rings (SSSR count). The van der Waals surface area contributed by atoms with Gasteiger partial charge in [0.25, 0.3) is 5.69 Å². The molecule has 3 unspecified atom stereocenters. The monoisotopic (exact) mass is 260 g/mol. The van der Waals surface area contributed by atoms with E-state index in [-0.39, 0.29) is 10.6 Å². The summed E-state index contributed by atoms with van der Waals surface area (Å²) in [5.74, 6) is 2.81. The van der Waals surface area contributed by atoms with Gasteiger partial charge in [-0.1, -0.05) is 18.6 Å². The average molecular weight is 260 g/mol. The Bertz CT molecular complexity index is 458. The van der Waals surface area contributed by atoms with E-state index < -0.39 is 0 Å². The molecule has 2 aliphatic carbocycles. The van der Waals surface area contributed by atoms with Gasteiger partial charge in [-0.3, -0.25) is 10.1 Å². The van der Waals surface area contributed by atoms with Crippen molar-refractivity contribution in [1.82, 2.24) is 5.32 Å². The molecule has 0 radical (unpaired) electrons. The van der Waals surface area contributed by atoms with Crippen LogP contribution in [-0.2, 0) is 6.54 Å². The van der Waals surface area contributed by atoms with Gasteiger partial charge in [0.1, 0.15) is 0 Å². The highest BCUT2D eigenvalue weighted by Gasteiger charge is 2.38. The molecule has 4 heteroatoms. The summed E-state index contributed by atoms with van der Waals surface area (Å²) in [5.41, 5.74) is 1.28. The third-order valence-corrected chi connectivity index (χ3v) is 4.77. The predicted octanol–water partition coefficient (Wildman–Crippen LogP) is 3.12. The van der Waals surface area contributed by atoms with Crippen molar-refractivity contribution in [2.24, 2.45) is 17.8 Å². The van der Waals surface area contributed by atoms with Gasteiger partial charge in [0, 0.05) is 18.7 Å². The lowest BCUT2D eigenvalue weighted by atomic mass is 9.89. The Hall–Kier alpha value is -1.42. The van der Waals surface area contributed by atoms with Crippen molar-refractivity contribution in [3.8, 4) is 0 Å². The van der Waals surface area contributed by atoms with Crippen LogP contribution in [0.3, 0.4) is 0 Å². The van der Waals surface area contributed by atoms with Crippen LogP contribution in [0.1, 0.15) is 31.2 Å². The van der Waals surface area contributed by atoms with Crippen LogP contribution in [0.5, 0.6) is 0 Å². The molecule has 0 amide bonds. The fraction of sp³-hybridized carbons (Fsp3) is 0.600. The number of fused-ring (bicyclic) bond motifs is 2. The van der Waals surface area contributed by atoms with Crippen molar-refractivity contribution >= 4 is 5.69 Å². The van der Waals surface area contributed by atoms with Gasteiger partial charge in [0.05, 0.1) is 4.92 Å². The van der Waals surface area contributed by atoms with Crippen LogP contribution in [0.4, 0.5) is 5.69 Å². The number of rotatable bonds is 5. The highest BCUT2D eigenvalue weighted by Crippen LogP contribution is 2.47. The van der Waals surface area contributed by atoms with E-state index >= 15 is 0 Å². The summed E-state index contributed by atoms with van der Waals surface area (Å²) in [5, 5.41) is 14.1. The molecule has 0 heterocycles. The van der Waals surface area contributed by atoms with Crippen molar-refractivity contribution in [2.75, 3.05) is 6.54 Å². The number of nitro benzene ring substituents is 1. The molecule has 2 saturated carbocycles. The first-order chi connectivity index (χ1) is 9.22. The van der Waals surface area contributed by atoms with Crippen molar-refractivity contribution in [2.45, 2.75) is 32.2 Å². The second kappa shape index (κ2) is 5.29. The number of benzene rings is 1. The molecule has 0 spiro atoms. The smallest absolute Gasteiger partial charge is 0.269 e. The molecule has 0 aliphatic heterocycles. The van der Waals surface area contributed by atoms with E-state index in [1.807, 2.05) is 12.1 Å². The van der Waals surface area contributed by atoms with Gasteiger partial charge in [-0.05, 0) is 49.1 Å². The van der Waals surface area contributed by atoms with E-state index in [2.05, 4.69) is 5.32 Å². The highest BCUT2D eigenvalue weighted by atomic mass is 16.6. The van der Waals surface area contributed by atoms with E-state index in [4.69, 9.17) is 0 Å². The van der Waals surface area contributed by atoms with Crippen LogP contribution in [0.2, 0.25) is 0 Å². The summed E-state index contributed by atoms with van der Waals surface area (Å²) >= 11 is 0. The van der Waals surface area contributed by atoms with E-state index in [9.17, 15) is 10.1 Å². The maximum atomic E-state index is 10.6. The molecule has 102 valence electrons. The molecule has 2 bridgehead atoms. The van der Waals surface area contributed by atoms with Crippen LogP contribution >= 0.6 is 0 Å². The number of nitrogens with zero attached hydrogens (tertiary/aromatic N) is 1. The Morgan fingerprint density at radius 1 is 1.21 bits per heavy atom. The van der Waals surface area contributed by atoms with E-state index in [1.165, 1.54) is 25.7 Å². The van der Waals surface area contributed by atoms with Crippen LogP contribution in [0, 0.1) is 27.9 Å². The van der Waals surface area contributed by atoms with Crippen LogP contribution in [0.15, 0.2) is 24.3 Å². The minimum Gasteiger partial charge on any atom is -0.312 e. The minimum atomic E-state index is -0.355. The average Bonchev–Trinajstić information content (AvgIpc) is 3.02. The zero-order valence-corrected chi connectivity index (χ0v) is 11.0. The van der Waals surface area contributed by atoms with Gasteiger partial charge in [0.2, 0.25) is 0 Å². The Kier molecular flexibility index (Phi) is 3.51. The number of non-ortho nitro benzene ring substituents is 1. The summed E-state index contributed by atoms with van der Waals surface area (Å²) in [6.45, 7) is 1.91. The van der Waals surface area contributed by atoms with E-state index in [0.717, 1.165) is 36.4 Å².